The number of hydrogen-bond acceptors (Lipinski definition) is 3. The minimum absolute atomic E-state index is 0.0340. The van der Waals surface area contributed by atoms with Gasteiger partial charge in [-0.25, -0.2) is 4.79 Å². The molecular formula is C14H19N3O4. The third-order valence-corrected chi connectivity index (χ3v) is 2.85. The summed E-state index contributed by atoms with van der Waals surface area (Å²) in [4.78, 5) is 34.9. The zero-order chi connectivity index (χ0) is 15.8. The fourth-order valence-electron chi connectivity index (χ4n) is 1.79. The van der Waals surface area contributed by atoms with E-state index in [1.807, 2.05) is 19.1 Å². The molecule has 3 amide bonds. The van der Waals surface area contributed by atoms with Crippen molar-refractivity contribution in [1.82, 2.24) is 5.32 Å². The lowest BCUT2D eigenvalue weighted by Crippen LogP contribution is -2.42. The maximum Gasteiger partial charge on any atom is 0.321 e. The molecule has 0 aliphatic heterocycles. The van der Waals surface area contributed by atoms with Gasteiger partial charge in [0, 0.05) is 25.2 Å². The molecule has 0 fully saturated rings. The number of carboxylic acids is 1. The van der Waals surface area contributed by atoms with Crippen molar-refractivity contribution in [3.05, 3.63) is 29.8 Å². The van der Waals surface area contributed by atoms with Crippen LogP contribution in [0.2, 0.25) is 0 Å². The van der Waals surface area contributed by atoms with Crippen LogP contribution in [0.25, 0.3) is 0 Å². The SMILES string of the molecule is Cc1ccccc1N(CCC(=O)O)C(=O)NCCC(N)=O. The van der Waals surface area contributed by atoms with E-state index in [9.17, 15) is 14.4 Å². The molecule has 0 saturated heterocycles. The highest BCUT2D eigenvalue weighted by Crippen LogP contribution is 2.19. The summed E-state index contributed by atoms with van der Waals surface area (Å²) < 4.78 is 0. The van der Waals surface area contributed by atoms with Crippen LogP contribution in [0.15, 0.2) is 24.3 Å². The van der Waals surface area contributed by atoms with Crippen LogP contribution in [-0.4, -0.2) is 36.1 Å². The number of amides is 3. The second kappa shape index (κ2) is 7.88. The van der Waals surface area contributed by atoms with Gasteiger partial charge in [0.25, 0.3) is 0 Å². The number of para-hydroxylation sites is 1. The first-order valence-corrected chi connectivity index (χ1v) is 6.53. The Hall–Kier alpha value is -2.57. The van der Waals surface area contributed by atoms with E-state index in [1.54, 1.807) is 12.1 Å². The normalized spacial score (nSPS) is 9.95. The van der Waals surface area contributed by atoms with Crippen LogP contribution in [0, 0.1) is 6.92 Å². The largest absolute Gasteiger partial charge is 0.481 e. The van der Waals surface area contributed by atoms with Gasteiger partial charge < -0.3 is 16.2 Å². The van der Waals surface area contributed by atoms with Crippen molar-refractivity contribution in [2.24, 2.45) is 5.73 Å². The number of nitrogens with zero attached hydrogens (tertiary/aromatic N) is 1. The Balaban J connectivity index is 2.81. The molecule has 0 radical (unpaired) electrons. The number of aryl methyl sites for hydroxylation is 1. The number of benzene rings is 1. The molecule has 1 aromatic carbocycles. The lowest BCUT2D eigenvalue weighted by molar-refractivity contribution is -0.136. The Kier molecular flexibility index (Phi) is 6.19. The molecule has 0 saturated carbocycles. The Morgan fingerprint density at radius 1 is 1.24 bits per heavy atom. The second-order valence-electron chi connectivity index (χ2n) is 4.53. The van der Waals surface area contributed by atoms with E-state index in [4.69, 9.17) is 10.8 Å². The molecular weight excluding hydrogens is 274 g/mol. The molecule has 7 nitrogen and oxygen atoms in total. The van der Waals surface area contributed by atoms with Gasteiger partial charge in [0.05, 0.1) is 6.42 Å². The van der Waals surface area contributed by atoms with Crippen molar-refractivity contribution < 1.29 is 19.5 Å². The average molecular weight is 293 g/mol. The summed E-state index contributed by atoms with van der Waals surface area (Å²) >= 11 is 0. The van der Waals surface area contributed by atoms with Crippen molar-refractivity contribution in [1.29, 1.82) is 0 Å². The standard InChI is InChI=1S/C14H19N3O4/c1-10-4-2-3-5-11(10)17(9-7-13(19)20)14(21)16-8-6-12(15)18/h2-5H,6-9H2,1H3,(H2,15,18)(H,16,21)(H,19,20). The highest BCUT2D eigenvalue weighted by atomic mass is 16.4. The topological polar surface area (TPSA) is 113 Å². The van der Waals surface area contributed by atoms with E-state index in [1.165, 1.54) is 4.90 Å². The number of nitrogens with one attached hydrogen (secondary N) is 1. The fraction of sp³-hybridized carbons (Fsp3) is 0.357. The van der Waals surface area contributed by atoms with E-state index in [0.29, 0.717) is 5.69 Å². The second-order valence-corrected chi connectivity index (χ2v) is 4.53. The maximum absolute atomic E-state index is 12.2. The lowest BCUT2D eigenvalue weighted by Gasteiger charge is -2.24. The third-order valence-electron chi connectivity index (χ3n) is 2.85. The number of primary amides is 1. The van der Waals surface area contributed by atoms with Gasteiger partial charge in [-0.2, -0.15) is 0 Å². The van der Waals surface area contributed by atoms with Crippen molar-refractivity contribution in [3.63, 3.8) is 0 Å². The zero-order valence-corrected chi connectivity index (χ0v) is 11.8. The number of aliphatic carboxylic acids is 1. The number of carbonyl (C=O) groups is 3. The Bertz CT molecular complexity index is 531. The molecule has 1 rings (SSSR count). The van der Waals surface area contributed by atoms with E-state index >= 15 is 0 Å². The van der Waals surface area contributed by atoms with E-state index in [0.717, 1.165) is 5.56 Å². The number of carbonyl (C=O) groups excluding carboxylic acids is 2. The van der Waals surface area contributed by atoms with Gasteiger partial charge in [-0.15, -0.1) is 0 Å². The predicted octanol–water partition coefficient (Wildman–Crippen LogP) is 0.861. The summed E-state index contributed by atoms with van der Waals surface area (Å²) in [5.74, 6) is -1.50. The number of carboxylic acid groups (broad SMARTS) is 1. The molecule has 4 N–H and O–H groups in total. The van der Waals surface area contributed by atoms with Gasteiger partial charge in [0.2, 0.25) is 5.91 Å². The molecule has 0 heterocycles. The average Bonchev–Trinajstić information content (AvgIpc) is 2.40. The lowest BCUT2D eigenvalue weighted by atomic mass is 10.2. The van der Waals surface area contributed by atoms with Crippen molar-refractivity contribution in [2.75, 3.05) is 18.0 Å². The van der Waals surface area contributed by atoms with Crippen LogP contribution in [0.4, 0.5) is 10.5 Å². The minimum Gasteiger partial charge on any atom is -0.481 e. The molecule has 0 spiro atoms. The molecule has 1 aromatic rings. The van der Waals surface area contributed by atoms with Gasteiger partial charge >= 0.3 is 12.0 Å². The number of urea groups is 1. The van der Waals surface area contributed by atoms with Gasteiger partial charge in [0.1, 0.15) is 0 Å². The first kappa shape index (κ1) is 16.5. The van der Waals surface area contributed by atoms with Crippen LogP contribution in [-0.2, 0) is 9.59 Å². The van der Waals surface area contributed by atoms with Crippen molar-refractivity contribution >= 4 is 23.6 Å². The molecule has 114 valence electrons. The smallest absolute Gasteiger partial charge is 0.321 e. The number of anilines is 1. The van der Waals surface area contributed by atoms with E-state index in [2.05, 4.69) is 5.32 Å². The summed E-state index contributed by atoms with van der Waals surface area (Å²) in [6.07, 6.45) is -0.135. The summed E-state index contributed by atoms with van der Waals surface area (Å²) in [6.45, 7) is 1.99. The Morgan fingerprint density at radius 2 is 1.90 bits per heavy atom. The quantitative estimate of drug-likeness (QED) is 0.692. The molecule has 0 bridgehead atoms. The number of nitrogens with two attached hydrogens (primary N) is 1. The Labute approximate surface area is 122 Å². The molecule has 21 heavy (non-hydrogen) atoms. The summed E-state index contributed by atoms with van der Waals surface area (Å²) in [5, 5.41) is 11.3. The molecule has 7 heteroatoms. The summed E-state index contributed by atoms with van der Waals surface area (Å²) in [5.41, 5.74) is 6.50. The first-order valence-electron chi connectivity index (χ1n) is 6.53. The minimum atomic E-state index is -0.987. The fourth-order valence-corrected chi connectivity index (χ4v) is 1.79. The molecule has 0 unspecified atom stereocenters. The van der Waals surface area contributed by atoms with Gasteiger partial charge in [-0.3, -0.25) is 14.5 Å². The highest BCUT2D eigenvalue weighted by Gasteiger charge is 2.18. The van der Waals surface area contributed by atoms with Gasteiger partial charge in [-0.05, 0) is 18.6 Å². The predicted molar refractivity (Wildman–Crippen MR) is 78.0 cm³/mol. The van der Waals surface area contributed by atoms with Crippen molar-refractivity contribution in [2.45, 2.75) is 19.8 Å². The monoisotopic (exact) mass is 293 g/mol. The van der Waals surface area contributed by atoms with Crippen LogP contribution < -0.4 is 16.0 Å². The summed E-state index contributed by atoms with van der Waals surface area (Å²) in [7, 11) is 0. The van der Waals surface area contributed by atoms with Crippen LogP contribution in [0.3, 0.4) is 0 Å². The Morgan fingerprint density at radius 3 is 2.48 bits per heavy atom. The molecule has 0 atom stereocenters. The van der Waals surface area contributed by atoms with Crippen molar-refractivity contribution in [3.8, 4) is 0 Å². The number of rotatable bonds is 7. The summed E-state index contributed by atoms with van der Waals surface area (Å²) in [6, 6.07) is 6.73. The molecule has 0 aliphatic rings. The molecule has 0 aliphatic carbocycles. The first-order chi connectivity index (χ1) is 9.91. The van der Waals surface area contributed by atoms with Gasteiger partial charge in [0.15, 0.2) is 0 Å². The van der Waals surface area contributed by atoms with E-state index in [-0.39, 0.29) is 25.9 Å². The zero-order valence-electron chi connectivity index (χ0n) is 11.8. The van der Waals surface area contributed by atoms with Crippen LogP contribution in [0.5, 0.6) is 0 Å². The third kappa shape index (κ3) is 5.52. The molecule has 0 aromatic heterocycles. The van der Waals surface area contributed by atoms with E-state index < -0.39 is 17.9 Å². The highest BCUT2D eigenvalue weighted by molar-refractivity contribution is 5.93. The van der Waals surface area contributed by atoms with Crippen LogP contribution in [0.1, 0.15) is 18.4 Å². The van der Waals surface area contributed by atoms with Crippen LogP contribution >= 0.6 is 0 Å². The van der Waals surface area contributed by atoms with Gasteiger partial charge in [-0.1, -0.05) is 18.2 Å². The maximum atomic E-state index is 12.2. The number of hydrogen-bond donors (Lipinski definition) is 3.